The number of hydrogen-bond donors (Lipinski definition) is 2. The quantitative estimate of drug-likeness (QED) is 0.407. The van der Waals surface area contributed by atoms with Crippen LogP contribution in [0.3, 0.4) is 0 Å². The predicted octanol–water partition coefficient (Wildman–Crippen LogP) is 5.40. The van der Waals surface area contributed by atoms with Gasteiger partial charge in [-0.1, -0.05) is 38.8 Å². The molecule has 7 heteroatoms. The second-order valence-electron chi connectivity index (χ2n) is 13.3. The van der Waals surface area contributed by atoms with Crippen LogP contribution in [0.1, 0.15) is 76.6 Å². The summed E-state index contributed by atoms with van der Waals surface area (Å²) in [5, 5.41) is 19.6. The number of benzene rings is 1. The highest BCUT2D eigenvalue weighted by molar-refractivity contribution is 6.23. The lowest BCUT2D eigenvalue weighted by Gasteiger charge is -2.68. The largest absolute Gasteiger partial charge is 0.481 e. The molecule has 2 amide bonds. The fraction of sp³-hybridized carbons (Fsp3) is 0.613. The van der Waals surface area contributed by atoms with Crippen LogP contribution >= 0.6 is 0 Å². The van der Waals surface area contributed by atoms with Crippen molar-refractivity contribution in [2.45, 2.75) is 66.2 Å². The van der Waals surface area contributed by atoms with E-state index >= 15 is 0 Å². The number of nitrogens with zero attached hydrogens (tertiary/aromatic N) is 1. The molecule has 202 valence electrons. The minimum Gasteiger partial charge on any atom is -0.481 e. The van der Waals surface area contributed by atoms with Crippen LogP contribution in [0, 0.1) is 51.8 Å². The molecule has 0 unspecified atom stereocenters. The normalized spacial score (nSPS) is 41.4. The van der Waals surface area contributed by atoms with E-state index in [0.29, 0.717) is 12.1 Å². The molecular weight excluding hydrogens is 482 g/mol. The first-order valence-electron chi connectivity index (χ1n) is 14.0. The summed E-state index contributed by atoms with van der Waals surface area (Å²) in [6.07, 6.45) is 7.13. The SMILES string of the molecule is CC(C)C1=C[C@]23CC[C@H]4[C@@](C)(CCC[C@]4(C)C(=O)O)[C@@H]2C[C@@H]1[C@@H]1C(=O)N(c2ccc(C(=O)O)cc2)C(=O)[C@@H]13. The highest BCUT2D eigenvalue weighted by Crippen LogP contribution is 2.74. The van der Waals surface area contributed by atoms with E-state index in [1.54, 1.807) is 12.1 Å². The third kappa shape index (κ3) is 3.02. The van der Waals surface area contributed by atoms with E-state index in [1.807, 2.05) is 6.92 Å². The number of aromatic carboxylic acids is 1. The van der Waals surface area contributed by atoms with E-state index in [1.165, 1.54) is 22.6 Å². The molecule has 1 aromatic carbocycles. The predicted molar refractivity (Wildman–Crippen MR) is 140 cm³/mol. The van der Waals surface area contributed by atoms with Gasteiger partial charge in [-0.3, -0.25) is 19.3 Å². The molecule has 6 aliphatic rings. The number of allylic oxidation sites excluding steroid dienone is 2. The first-order chi connectivity index (χ1) is 17.9. The molecule has 1 heterocycles. The maximum atomic E-state index is 14.3. The molecule has 4 fully saturated rings. The molecule has 1 aromatic rings. The first-order valence-corrected chi connectivity index (χ1v) is 14.0. The van der Waals surface area contributed by atoms with Gasteiger partial charge in [0.1, 0.15) is 0 Å². The first kappa shape index (κ1) is 25.3. The Labute approximate surface area is 223 Å². The molecule has 1 aliphatic heterocycles. The van der Waals surface area contributed by atoms with Gasteiger partial charge in [-0.15, -0.1) is 0 Å². The summed E-state index contributed by atoms with van der Waals surface area (Å²) in [5.74, 6) is -2.62. The molecule has 8 atom stereocenters. The fourth-order valence-corrected chi connectivity index (χ4v) is 9.97. The molecule has 1 saturated heterocycles. The van der Waals surface area contributed by atoms with Crippen molar-refractivity contribution >= 4 is 29.4 Å². The second-order valence-corrected chi connectivity index (χ2v) is 13.3. The van der Waals surface area contributed by atoms with Crippen LogP contribution in [0.2, 0.25) is 0 Å². The van der Waals surface area contributed by atoms with Crippen molar-refractivity contribution in [2.24, 2.45) is 51.8 Å². The van der Waals surface area contributed by atoms with E-state index in [2.05, 4.69) is 26.8 Å². The molecule has 2 N–H and O–H groups in total. The zero-order chi connectivity index (χ0) is 27.4. The maximum Gasteiger partial charge on any atom is 0.335 e. The Bertz CT molecular complexity index is 1280. The molecule has 0 radical (unpaired) electrons. The number of carboxylic acids is 2. The van der Waals surface area contributed by atoms with Crippen LogP contribution in [0.5, 0.6) is 0 Å². The average Bonchev–Trinajstić information content (AvgIpc) is 3.15. The minimum atomic E-state index is -1.05. The number of rotatable bonds is 4. The summed E-state index contributed by atoms with van der Waals surface area (Å²) < 4.78 is 0. The van der Waals surface area contributed by atoms with Gasteiger partial charge in [0.25, 0.3) is 0 Å². The lowest BCUT2D eigenvalue weighted by Crippen LogP contribution is -2.65. The number of aliphatic carboxylic acids is 1. The van der Waals surface area contributed by atoms with Gasteiger partial charge >= 0.3 is 11.9 Å². The van der Waals surface area contributed by atoms with Crippen LogP contribution in [0.15, 0.2) is 35.9 Å². The standard InChI is InChI=1S/C31H37NO6/c1-16(2)20-15-31-13-10-21-29(3,11-5-12-30(21,4)28(37)38)22(31)14-19(20)23-24(31)26(34)32(25(23)33)18-8-6-17(7-9-18)27(35)36/h6-9,15-16,19,21-24H,5,10-14H2,1-4H3,(H,35,36)(H,37,38)/t19-,21-,22-,23-,24+,29+,30-,31+/m0/s1. The number of imide groups is 1. The smallest absolute Gasteiger partial charge is 0.335 e. The topological polar surface area (TPSA) is 112 Å². The summed E-state index contributed by atoms with van der Waals surface area (Å²) in [5.41, 5.74) is 0.343. The van der Waals surface area contributed by atoms with E-state index < -0.39 is 34.6 Å². The van der Waals surface area contributed by atoms with Crippen molar-refractivity contribution in [3.63, 3.8) is 0 Å². The Morgan fingerprint density at radius 1 is 0.974 bits per heavy atom. The number of anilines is 1. The molecule has 3 saturated carbocycles. The van der Waals surface area contributed by atoms with Gasteiger partial charge in [0.05, 0.1) is 28.5 Å². The second kappa shape index (κ2) is 8.03. The third-order valence-electron chi connectivity index (χ3n) is 11.5. The maximum absolute atomic E-state index is 14.3. The Hall–Kier alpha value is -2.96. The number of hydrogen-bond acceptors (Lipinski definition) is 4. The van der Waals surface area contributed by atoms with Crippen molar-refractivity contribution in [2.75, 3.05) is 4.90 Å². The van der Waals surface area contributed by atoms with Crippen molar-refractivity contribution in [3.05, 3.63) is 41.5 Å². The van der Waals surface area contributed by atoms with E-state index in [-0.39, 0.29) is 46.5 Å². The Balaban J connectivity index is 1.46. The monoisotopic (exact) mass is 519 g/mol. The van der Waals surface area contributed by atoms with E-state index in [0.717, 1.165) is 32.1 Å². The van der Waals surface area contributed by atoms with Gasteiger partial charge in [0, 0.05) is 5.41 Å². The summed E-state index contributed by atoms with van der Waals surface area (Å²) in [4.78, 5) is 53.5. The van der Waals surface area contributed by atoms with Gasteiger partial charge in [0.15, 0.2) is 0 Å². The van der Waals surface area contributed by atoms with Crippen LogP contribution in [0.4, 0.5) is 5.69 Å². The number of carbonyl (C=O) groups excluding carboxylic acids is 2. The van der Waals surface area contributed by atoms with Crippen LogP contribution in [-0.2, 0) is 14.4 Å². The Morgan fingerprint density at radius 3 is 2.26 bits per heavy atom. The average molecular weight is 520 g/mol. The molecule has 2 bridgehead atoms. The summed E-state index contributed by atoms with van der Waals surface area (Å²) in [7, 11) is 0. The number of carbonyl (C=O) groups is 4. The van der Waals surface area contributed by atoms with Crippen molar-refractivity contribution < 1.29 is 29.4 Å². The van der Waals surface area contributed by atoms with Gasteiger partial charge in [-0.25, -0.2) is 4.79 Å². The van der Waals surface area contributed by atoms with Crippen LogP contribution in [0.25, 0.3) is 0 Å². The van der Waals surface area contributed by atoms with Gasteiger partial charge in [-0.05, 0) is 92.4 Å². The Kier molecular flexibility index (Phi) is 5.35. The molecule has 5 aliphatic carbocycles. The molecule has 7 nitrogen and oxygen atoms in total. The highest BCUT2D eigenvalue weighted by atomic mass is 16.4. The van der Waals surface area contributed by atoms with Gasteiger partial charge in [0.2, 0.25) is 11.8 Å². The lowest BCUT2D eigenvalue weighted by atomic mass is 9.34. The van der Waals surface area contributed by atoms with Crippen molar-refractivity contribution in [1.29, 1.82) is 0 Å². The highest BCUT2D eigenvalue weighted by Gasteiger charge is 2.73. The third-order valence-corrected chi connectivity index (χ3v) is 11.5. The summed E-state index contributed by atoms with van der Waals surface area (Å²) in [6, 6.07) is 5.99. The molecule has 7 rings (SSSR count). The Morgan fingerprint density at radius 2 is 1.66 bits per heavy atom. The minimum absolute atomic E-state index is 0.0393. The van der Waals surface area contributed by atoms with E-state index in [9.17, 15) is 29.4 Å². The summed E-state index contributed by atoms with van der Waals surface area (Å²) >= 11 is 0. The summed E-state index contributed by atoms with van der Waals surface area (Å²) in [6.45, 7) is 8.51. The van der Waals surface area contributed by atoms with Crippen molar-refractivity contribution in [3.8, 4) is 0 Å². The van der Waals surface area contributed by atoms with Crippen LogP contribution in [-0.4, -0.2) is 34.0 Å². The van der Waals surface area contributed by atoms with Crippen molar-refractivity contribution in [1.82, 2.24) is 0 Å². The number of fused-ring (bicyclic) bond motifs is 1. The zero-order valence-corrected chi connectivity index (χ0v) is 22.6. The molecule has 0 aromatic heterocycles. The fourth-order valence-electron chi connectivity index (χ4n) is 9.97. The number of carboxylic acid groups (broad SMARTS) is 2. The molecular formula is C31H37NO6. The van der Waals surface area contributed by atoms with E-state index in [4.69, 9.17) is 0 Å². The van der Waals surface area contributed by atoms with Crippen LogP contribution < -0.4 is 4.90 Å². The molecule has 38 heavy (non-hydrogen) atoms. The zero-order valence-electron chi connectivity index (χ0n) is 22.6. The molecule has 1 spiro atoms. The number of amides is 2. The van der Waals surface area contributed by atoms with Gasteiger partial charge < -0.3 is 10.2 Å². The lowest BCUT2D eigenvalue weighted by molar-refractivity contribution is -0.194. The van der Waals surface area contributed by atoms with Gasteiger partial charge in [-0.2, -0.15) is 0 Å².